The van der Waals surface area contributed by atoms with Gasteiger partial charge >= 0.3 is 89.5 Å². The van der Waals surface area contributed by atoms with Gasteiger partial charge in [0, 0.05) is 116 Å². The van der Waals surface area contributed by atoms with Crippen LogP contribution >= 0.6 is 15.9 Å². The zero-order valence-electron chi connectivity index (χ0n) is 58.2. The van der Waals surface area contributed by atoms with E-state index in [0.717, 1.165) is 111 Å². The van der Waals surface area contributed by atoms with Crippen molar-refractivity contribution in [3.05, 3.63) is 0 Å². The highest BCUT2D eigenvalue weighted by Gasteiger charge is 2.63. The molecular weight excluding hydrogens is 1450 g/mol. The zero-order chi connectivity index (χ0) is 76.3. The quantitative estimate of drug-likeness (QED) is 0.0477. The zero-order valence-corrected chi connectivity index (χ0v) is 59.8. The molecule has 5 heterocycles. The average Bonchev–Trinajstić information content (AvgIpc) is 0.765. The number of rotatable bonds is 29. The van der Waals surface area contributed by atoms with E-state index in [9.17, 15) is 71.9 Å². The maximum absolute atomic E-state index is 13.5. The summed E-state index contributed by atoms with van der Waals surface area (Å²) in [7, 11) is 1.14. The van der Waals surface area contributed by atoms with Gasteiger partial charge in [-0.15, -0.1) is 0 Å². The van der Waals surface area contributed by atoms with Crippen molar-refractivity contribution in [1.82, 2.24) is 0 Å². The molecule has 25 atom stereocenters. The van der Waals surface area contributed by atoms with Crippen LogP contribution in [0.15, 0.2) is 0 Å². The van der Waals surface area contributed by atoms with E-state index in [1.807, 2.05) is 0 Å². The largest absolute Gasteiger partial charge is 0.463 e. The van der Waals surface area contributed by atoms with Gasteiger partial charge in [-0.2, -0.15) is 0 Å². The van der Waals surface area contributed by atoms with Crippen molar-refractivity contribution >= 4 is 105 Å². The predicted octanol–water partition coefficient (Wildman–Crippen LogP) is -1.31. The first kappa shape index (κ1) is 84.8. The molecule has 0 radical (unpaired) electrons. The Balaban J connectivity index is 1.69. The molecule has 102 heavy (non-hydrogen) atoms. The molecule has 574 valence electrons. The van der Waals surface area contributed by atoms with Gasteiger partial charge in [0.05, 0.1) is 0 Å². The molecule has 5 aliphatic rings. The standard InChI is InChI=1S/C61H83BrO40/c1-22(63)79-18-38-43(83-26(5)67)48(85-28(7)69)54(91-34(13)75)60(96-38)102-46-41(21-82-25(4)66)97-59(55(92-35(14)76)51(46)88-31(10)72)99-42-37(17-62)94-58(53(90-33(12)74)47(42)84-27(6)68)100-45-40(20-81-24(3)65)98-61(56(93-36(15)77)50(45)87-30(9)71)101-44-39(19-80-23(2)64)95-57(78-16)52(89-32(11)73)49(44)86-29(8)70/h37-61H,17-21H2,1-16H3. The van der Waals surface area contributed by atoms with Gasteiger partial charge in [-0.1, -0.05) is 15.9 Å². The fourth-order valence-electron chi connectivity index (χ4n) is 11.3. The second kappa shape index (κ2) is 39.1. The van der Waals surface area contributed by atoms with Crippen LogP contribution < -0.4 is 0 Å². The molecule has 5 rings (SSSR count). The van der Waals surface area contributed by atoms with Crippen LogP contribution in [0, 0.1) is 0 Å². The van der Waals surface area contributed by atoms with Crippen molar-refractivity contribution in [2.24, 2.45) is 0 Å². The molecule has 25 unspecified atom stereocenters. The third-order valence-electron chi connectivity index (χ3n) is 14.6. The van der Waals surface area contributed by atoms with Gasteiger partial charge in [-0.05, 0) is 0 Å². The molecule has 0 bridgehead atoms. The van der Waals surface area contributed by atoms with Gasteiger partial charge in [0.25, 0.3) is 0 Å². The minimum absolute atomic E-state index is 0.428. The monoisotopic (exact) mass is 1530 g/mol. The number of hydrogen-bond acceptors (Lipinski definition) is 40. The van der Waals surface area contributed by atoms with E-state index in [0.29, 0.717) is 0 Å². The Morgan fingerprint density at radius 1 is 0.225 bits per heavy atom. The van der Waals surface area contributed by atoms with Gasteiger partial charge in [-0.3, -0.25) is 71.9 Å². The smallest absolute Gasteiger partial charge is 0.303 e. The van der Waals surface area contributed by atoms with Crippen LogP contribution in [0.25, 0.3) is 0 Å². The normalized spacial score (nSPS) is 33.4. The molecule has 0 saturated carbocycles. The summed E-state index contributed by atoms with van der Waals surface area (Å²) in [5, 5.41) is -0.428. The lowest BCUT2D eigenvalue weighted by Gasteiger charge is -2.51. The number of hydrogen-bond donors (Lipinski definition) is 0. The second-order valence-electron chi connectivity index (χ2n) is 23.0. The van der Waals surface area contributed by atoms with E-state index in [4.69, 9.17) is 118 Å². The number of methoxy groups -OCH3 is 1. The fourth-order valence-corrected chi connectivity index (χ4v) is 11.8. The number of carbonyl (C=O) groups excluding carboxylic acids is 15. The van der Waals surface area contributed by atoms with Gasteiger partial charge in [0.1, 0.15) is 81.4 Å². The summed E-state index contributed by atoms with van der Waals surface area (Å²) in [5.41, 5.74) is 0. The summed E-state index contributed by atoms with van der Waals surface area (Å²) in [4.78, 5) is 194. The molecule has 0 aliphatic carbocycles. The maximum Gasteiger partial charge on any atom is 0.303 e. The highest BCUT2D eigenvalue weighted by atomic mass is 79.9. The summed E-state index contributed by atoms with van der Waals surface area (Å²) in [6, 6.07) is 0. The minimum atomic E-state index is -2.18. The minimum Gasteiger partial charge on any atom is -0.463 e. The molecule has 5 aliphatic heterocycles. The third kappa shape index (κ3) is 24.7. The number of alkyl halides is 1. The van der Waals surface area contributed by atoms with Crippen molar-refractivity contribution in [3.8, 4) is 0 Å². The van der Waals surface area contributed by atoms with Gasteiger partial charge in [-0.25, -0.2) is 0 Å². The second-order valence-corrected chi connectivity index (χ2v) is 23.7. The molecule has 0 N–H and O–H groups in total. The van der Waals surface area contributed by atoms with Gasteiger partial charge in [0.2, 0.25) is 0 Å². The Hall–Kier alpha value is -7.87. The topological polar surface area (TPSA) is 487 Å². The first-order chi connectivity index (χ1) is 47.8. The fraction of sp³-hybridized carbons (Fsp3) is 0.754. The summed E-state index contributed by atoms with van der Waals surface area (Å²) < 4.78 is 147. The number of esters is 15. The molecule has 5 saturated heterocycles. The van der Waals surface area contributed by atoms with Crippen LogP contribution in [0.3, 0.4) is 0 Å². The summed E-state index contributed by atoms with van der Waals surface area (Å²) in [5.74, 6) is -15.6. The number of ether oxygens (including phenoxy) is 25. The Labute approximate surface area is 590 Å². The van der Waals surface area contributed by atoms with Crippen molar-refractivity contribution < 1.29 is 190 Å². The summed E-state index contributed by atoms with van der Waals surface area (Å²) >= 11 is 3.34. The van der Waals surface area contributed by atoms with E-state index in [-0.39, 0.29) is 0 Å². The maximum atomic E-state index is 13.5. The van der Waals surface area contributed by atoms with Crippen molar-refractivity contribution in [2.75, 3.05) is 38.9 Å². The van der Waals surface area contributed by atoms with E-state index in [2.05, 4.69) is 15.9 Å². The van der Waals surface area contributed by atoms with Crippen LogP contribution in [0.2, 0.25) is 0 Å². The van der Waals surface area contributed by atoms with Gasteiger partial charge < -0.3 is 118 Å². The molecule has 5 fully saturated rings. The summed E-state index contributed by atoms with van der Waals surface area (Å²) in [6.07, 6.45) is -47.7. The van der Waals surface area contributed by atoms with E-state index in [1.165, 1.54) is 0 Å². The van der Waals surface area contributed by atoms with Gasteiger partial charge in [0.15, 0.2) is 98.6 Å². The van der Waals surface area contributed by atoms with Crippen LogP contribution in [0.5, 0.6) is 0 Å². The first-order valence-electron chi connectivity index (χ1n) is 31.2. The molecule has 0 aromatic carbocycles. The van der Waals surface area contributed by atoms with Crippen LogP contribution in [-0.2, 0) is 190 Å². The molecule has 0 spiro atoms. The summed E-state index contributed by atoms with van der Waals surface area (Å²) in [6.45, 7) is 11.0. The van der Waals surface area contributed by atoms with Crippen LogP contribution in [0.1, 0.15) is 104 Å². The Morgan fingerprint density at radius 2 is 0.392 bits per heavy atom. The SMILES string of the molecule is COC1OC(COC(C)=O)C(OC2OC(COC(C)=O)C(OC3OC(CBr)C(OC4OC(COC(C)=O)C(OC5OC(COC(C)=O)C(OC(C)=O)C(OC(C)=O)C5OC(C)=O)C(OC(C)=O)C4OC(C)=O)C(OC(C)=O)C3OC(C)=O)C(OC(C)=O)C2OC(C)=O)C(OC(C)=O)C1OC(C)=O. The Bertz CT molecular complexity index is 3010. The van der Waals surface area contributed by atoms with Crippen molar-refractivity contribution in [1.29, 1.82) is 0 Å². The predicted molar refractivity (Wildman–Crippen MR) is 321 cm³/mol. The third-order valence-corrected chi connectivity index (χ3v) is 15.3. The molecule has 0 aromatic heterocycles. The molecule has 40 nitrogen and oxygen atoms in total. The lowest BCUT2D eigenvalue weighted by atomic mass is 9.94. The highest BCUT2D eigenvalue weighted by molar-refractivity contribution is 9.09. The first-order valence-corrected chi connectivity index (χ1v) is 32.4. The number of halogens is 1. The Kier molecular flexibility index (Phi) is 32.5. The molecule has 0 aromatic rings. The van der Waals surface area contributed by atoms with Crippen molar-refractivity contribution in [3.63, 3.8) is 0 Å². The highest BCUT2D eigenvalue weighted by Crippen LogP contribution is 2.42. The van der Waals surface area contributed by atoms with Crippen molar-refractivity contribution in [2.45, 2.75) is 257 Å². The lowest BCUT2D eigenvalue weighted by molar-refractivity contribution is -0.391. The average molecular weight is 1540 g/mol. The van der Waals surface area contributed by atoms with E-state index < -0.39 is 275 Å². The lowest BCUT2D eigenvalue weighted by Crippen LogP contribution is -2.70. The Morgan fingerprint density at radius 3 is 0.598 bits per heavy atom. The van der Waals surface area contributed by atoms with E-state index >= 15 is 0 Å². The van der Waals surface area contributed by atoms with Crippen LogP contribution in [0.4, 0.5) is 0 Å². The van der Waals surface area contributed by atoms with E-state index in [1.54, 1.807) is 0 Å². The molecule has 0 amide bonds. The molecular formula is C61H83BrO40. The number of carbonyl (C=O) groups is 15. The molecule has 41 heteroatoms. The van der Waals surface area contributed by atoms with Crippen LogP contribution in [-0.4, -0.2) is 282 Å².